The summed E-state index contributed by atoms with van der Waals surface area (Å²) in [4.78, 5) is 179. The summed E-state index contributed by atoms with van der Waals surface area (Å²) in [6.07, 6.45) is 7.55. The summed E-state index contributed by atoms with van der Waals surface area (Å²) in [5, 5.41) is 20.4. The predicted molar refractivity (Wildman–Crippen MR) is 547 cm³/mol. The standard InChI is InChI=1S/C28H19NO4S.C23H27NO4S.C21H17NO3S2.C19H17NO4S.C18H15NO4S/c30-26(22-16-18-24(19-17-22)34-23-14-8-3-9-15-23)25(20-10-4-1-5-11-20)29-33-28(32)27(31)21-12-6-2-7-13-21;1-3-4-5-9-12-21(24-28-23(26)19-10-7-6-8-11-19)22(25)18-13-15-20(16-14-18)29-17-27-2;1-2-26-17-12-10-16(11-13-17)20(23)19(15-7-4-3-5-8-15)22-25-21(24)18-9-6-14-27-18;1-3-23-13-18(21)24-20-14(2)19(22)15-9-11-17(12-10-15)25-16-7-5-4-6-8-16;1-12(16(20)14-8-10-15(24-2)11-9-14)19-23-18(22)17(21)13-6-4-3-5-7-13/h1-19H;6-8,10-11,13-16H,3-5,9,12,17H2,1-2H3;3-14H,2H2,1H3;3-12H,1,13H2,2H3;3-11H,1-2H3/b29-25+;24-21+;22-19+;20-14+;19-12+. The number of methoxy groups -OCH3 is 1. The Morgan fingerprint density at radius 1 is 0.331 bits per heavy atom. The minimum absolute atomic E-state index is 0.0129. The number of benzene rings is 12. The number of oxime groups is 5. The number of hydrogen-bond donors (Lipinski definition) is 0. The Labute approximate surface area is 830 Å². The molecule has 13 aromatic rings. The van der Waals surface area contributed by atoms with Gasteiger partial charge in [0.2, 0.25) is 28.9 Å². The molecule has 0 aliphatic rings. The third-order valence-electron chi connectivity index (χ3n) is 18.9. The average molecular weight is 1970 g/mol. The highest BCUT2D eigenvalue weighted by atomic mass is 32.2. The number of ketones is 7. The molecule has 24 nitrogen and oxygen atoms in total. The van der Waals surface area contributed by atoms with E-state index in [-0.39, 0.29) is 69.4 Å². The number of Topliss-reactive ketones (excluding diaryl/α,β-unsaturated/α-hetero) is 7. The minimum atomic E-state index is -1.16. The molecule has 13 rings (SSSR count). The monoisotopic (exact) mass is 1970 g/mol. The summed E-state index contributed by atoms with van der Waals surface area (Å²) < 4.78 is 9.71. The molecule has 0 amide bonds. The van der Waals surface area contributed by atoms with Crippen LogP contribution in [0.4, 0.5) is 0 Å². The summed E-state index contributed by atoms with van der Waals surface area (Å²) in [6.45, 7) is 10.1. The van der Waals surface area contributed by atoms with Gasteiger partial charge in [-0.3, -0.25) is 33.6 Å². The Balaban J connectivity index is 0.000000195. The van der Waals surface area contributed by atoms with Crippen LogP contribution in [0, 0.1) is 0 Å². The van der Waals surface area contributed by atoms with Crippen molar-refractivity contribution >= 4 is 169 Å². The largest absolute Gasteiger partial charge is 0.490 e. The smallest absolute Gasteiger partial charge is 0.405 e. The number of hydrogen-bond acceptors (Lipinski definition) is 30. The maximum Gasteiger partial charge on any atom is 0.405 e. The lowest BCUT2D eigenvalue weighted by atomic mass is 10.0. The van der Waals surface area contributed by atoms with E-state index in [1.165, 1.54) is 49.4 Å². The fraction of sp³-hybridized carbons (Fsp3) is 0.128. The second kappa shape index (κ2) is 59.8. The first-order valence-corrected chi connectivity index (χ1v) is 48.8. The van der Waals surface area contributed by atoms with E-state index in [9.17, 15) is 57.5 Å². The minimum Gasteiger partial charge on any atom is -0.490 e. The highest BCUT2D eigenvalue weighted by Gasteiger charge is 2.26. The van der Waals surface area contributed by atoms with Crippen LogP contribution in [0.25, 0.3) is 0 Å². The van der Waals surface area contributed by atoms with E-state index >= 15 is 0 Å². The molecule has 0 radical (unpaired) electrons. The SMILES string of the molecule is C=COCC(=O)O/N=C(\C)C(=O)c1ccc(Sc2ccccc2)cc1.CCCCCC/C(=N\OC(=O)c1ccccc1)C(=O)c1ccc(SCOC)cc1.CCSc1ccc(C(=O)/C(=N/OC(=O)c2cccs2)c2ccccc2)cc1.CSc1ccc(C(=O)/C(C)=N/OC(=O)C(=O)c2ccccc2)cc1.O=C(O/N=C(/C(=O)c1ccc(Sc2ccccc2)cc1)c1ccccc1)C(=O)c1ccccc1. The summed E-state index contributed by atoms with van der Waals surface area (Å²) in [5.74, 6) is -5.94. The Kier molecular flexibility index (Phi) is 46.3. The topological polar surface area (TPSA) is 331 Å². The molecule has 12 aromatic carbocycles. The Morgan fingerprint density at radius 3 is 1.09 bits per heavy atom. The van der Waals surface area contributed by atoms with Gasteiger partial charge in [0, 0.05) is 91.4 Å². The number of carbonyl (C=O) groups is 12. The van der Waals surface area contributed by atoms with E-state index in [1.54, 1.807) is 259 Å². The second-order valence-corrected chi connectivity index (χ2v) is 35.2. The molecule has 0 N–H and O–H groups in total. The van der Waals surface area contributed by atoms with Crippen molar-refractivity contribution in [1.29, 1.82) is 0 Å². The molecule has 0 aliphatic heterocycles. The molecule has 0 aliphatic carbocycles. The van der Waals surface area contributed by atoms with Crippen molar-refractivity contribution in [3.05, 3.63) is 425 Å². The van der Waals surface area contributed by atoms with Crippen LogP contribution in [-0.2, 0) is 48.0 Å². The van der Waals surface area contributed by atoms with Gasteiger partial charge in [-0.2, -0.15) is 0 Å². The Bertz CT molecular complexity index is 6410. The summed E-state index contributed by atoms with van der Waals surface area (Å²) in [5.41, 5.74) is 4.49. The third kappa shape index (κ3) is 36.5. The zero-order valence-electron chi connectivity index (χ0n) is 76.4. The molecule has 0 unspecified atom stereocenters. The van der Waals surface area contributed by atoms with E-state index in [0.29, 0.717) is 61.7 Å². The molecule has 0 spiro atoms. The fourth-order valence-electron chi connectivity index (χ4n) is 11.8. The number of thioether (sulfide) groups is 3. The van der Waals surface area contributed by atoms with Gasteiger partial charge in [-0.25, -0.2) is 24.0 Å². The molecule has 139 heavy (non-hydrogen) atoms. The van der Waals surface area contributed by atoms with Crippen LogP contribution in [0.5, 0.6) is 0 Å². The first kappa shape index (κ1) is 108. The Morgan fingerprint density at radius 2 is 0.683 bits per heavy atom. The third-order valence-corrected chi connectivity index (χ3v) is 24.3. The van der Waals surface area contributed by atoms with Crippen molar-refractivity contribution < 1.29 is 91.2 Å². The number of rotatable bonds is 41. The molecule has 0 saturated heterocycles. The van der Waals surface area contributed by atoms with E-state index < -0.39 is 47.2 Å². The van der Waals surface area contributed by atoms with Crippen LogP contribution in [0.2, 0.25) is 0 Å². The Hall–Kier alpha value is -15.0. The lowest BCUT2D eigenvalue weighted by Gasteiger charge is -2.07. The molecule has 0 saturated carbocycles. The number of ether oxygens (including phenoxy) is 2. The van der Waals surface area contributed by atoms with Crippen LogP contribution in [0.1, 0.15) is 163 Å². The first-order valence-electron chi connectivity index (χ1n) is 43.0. The lowest BCUT2D eigenvalue weighted by molar-refractivity contribution is -0.147. The van der Waals surface area contributed by atoms with Gasteiger partial charge >= 0.3 is 29.8 Å². The predicted octanol–water partition coefficient (Wildman–Crippen LogP) is 24.4. The normalized spacial score (nSPS) is 11.1. The van der Waals surface area contributed by atoms with Crippen LogP contribution in [0.15, 0.2) is 424 Å². The van der Waals surface area contributed by atoms with Gasteiger partial charge in [-0.15, -0.1) is 34.9 Å². The molecule has 30 heteroatoms. The van der Waals surface area contributed by atoms with Crippen LogP contribution < -0.4 is 0 Å². The van der Waals surface area contributed by atoms with Crippen LogP contribution >= 0.6 is 70.1 Å². The van der Waals surface area contributed by atoms with E-state index in [0.717, 1.165) is 72.0 Å². The van der Waals surface area contributed by atoms with Gasteiger partial charge in [0.25, 0.3) is 11.6 Å². The van der Waals surface area contributed by atoms with Crippen LogP contribution in [0.3, 0.4) is 0 Å². The maximum atomic E-state index is 13.3. The van der Waals surface area contributed by atoms with E-state index in [1.807, 2.05) is 140 Å². The number of unbranched alkanes of at least 4 members (excludes halogenated alkanes) is 3. The van der Waals surface area contributed by atoms with E-state index in [2.05, 4.69) is 60.6 Å². The average Bonchev–Trinajstić information content (AvgIpc) is 1.38. The highest BCUT2D eigenvalue weighted by molar-refractivity contribution is 8.00. The second-order valence-electron chi connectivity index (χ2n) is 28.8. The quantitative estimate of drug-likeness (QED) is 0.00395. The molecule has 0 bridgehead atoms. The molecule has 1 aromatic heterocycles. The molecule has 706 valence electrons. The first-order chi connectivity index (χ1) is 67.6. The molecular formula is C109H95N5O19S6. The van der Waals surface area contributed by atoms with Gasteiger partial charge in [0.1, 0.15) is 22.0 Å². The molecular weight excluding hydrogens is 1880 g/mol. The van der Waals surface area contributed by atoms with Gasteiger partial charge in [0.05, 0.1) is 17.8 Å². The van der Waals surface area contributed by atoms with Crippen molar-refractivity contribution in [3.8, 4) is 0 Å². The molecule has 0 atom stereocenters. The van der Waals surface area contributed by atoms with Crippen LogP contribution in [-0.4, -0.2) is 131 Å². The number of carbonyl (C=O) groups excluding carboxylic acids is 12. The highest BCUT2D eigenvalue weighted by Crippen LogP contribution is 2.31. The zero-order chi connectivity index (χ0) is 99.3. The van der Waals surface area contributed by atoms with Crippen molar-refractivity contribution in [2.75, 3.05) is 31.7 Å². The molecule has 0 fully saturated rings. The fourth-order valence-corrected chi connectivity index (χ4v) is 15.7. The van der Waals surface area contributed by atoms with Gasteiger partial charge in [-0.1, -0.05) is 283 Å². The summed E-state index contributed by atoms with van der Waals surface area (Å²) >= 11 is 9.26. The van der Waals surface area contributed by atoms with Gasteiger partial charge in [0.15, 0.2) is 18.0 Å². The number of thiophene rings is 1. The van der Waals surface area contributed by atoms with Gasteiger partial charge < -0.3 is 33.7 Å². The summed E-state index contributed by atoms with van der Waals surface area (Å²) in [7, 11) is 1.64. The van der Waals surface area contributed by atoms with E-state index in [4.69, 9.17) is 19.2 Å². The summed E-state index contributed by atoms with van der Waals surface area (Å²) in [6, 6.07) is 101. The lowest BCUT2D eigenvalue weighted by Crippen LogP contribution is -2.20. The van der Waals surface area contributed by atoms with Crippen molar-refractivity contribution in [2.45, 2.75) is 94.1 Å². The molecule has 1 heterocycles. The van der Waals surface area contributed by atoms with Gasteiger partial charge in [-0.05, 0) is 208 Å². The van der Waals surface area contributed by atoms with Crippen molar-refractivity contribution in [3.63, 3.8) is 0 Å². The maximum absolute atomic E-state index is 13.3. The van der Waals surface area contributed by atoms with Crippen molar-refractivity contribution in [2.24, 2.45) is 25.8 Å². The zero-order valence-corrected chi connectivity index (χ0v) is 81.3. The number of nitrogens with zero attached hydrogens (tertiary/aromatic N) is 5. The van der Waals surface area contributed by atoms with Crippen molar-refractivity contribution in [1.82, 2.24) is 0 Å².